The lowest BCUT2D eigenvalue weighted by Gasteiger charge is -2.18. The van der Waals surface area contributed by atoms with E-state index in [-0.39, 0.29) is 0 Å². The van der Waals surface area contributed by atoms with Gasteiger partial charge in [0.1, 0.15) is 5.75 Å². The van der Waals surface area contributed by atoms with Crippen LogP contribution in [0.3, 0.4) is 0 Å². The standard InChI is InChI=1S/C21H21N5O/c1-25(2)18-7-5-4-6-17(18)19-14-23-20(21-22-12-13-26(19)21)24-15-8-10-16(27-3)11-9-15/h4-14H,1-3H3,(H,23,24). The molecule has 0 unspecified atom stereocenters. The summed E-state index contributed by atoms with van der Waals surface area (Å²) in [5, 5.41) is 3.34. The summed E-state index contributed by atoms with van der Waals surface area (Å²) in [6, 6.07) is 16.0. The minimum atomic E-state index is 0.705. The quantitative estimate of drug-likeness (QED) is 0.578. The molecule has 27 heavy (non-hydrogen) atoms. The van der Waals surface area contributed by atoms with Crippen LogP contribution in [0.2, 0.25) is 0 Å². The molecular weight excluding hydrogens is 338 g/mol. The van der Waals surface area contributed by atoms with E-state index in [2.05, 4.69) is 36.7 Å². The fourth-order valence-corrected chi connectivity index (χ4v) is 3.10. The molecule has 4 rings (SSSR count). The smallest absolute Gasteiger partial charge is 0.180 e. The van der Waals surface area contributed by atoms with Gasteiger partial charge in [-0.15, -0.1) is 0 Å². The number of benzene rings is 2. The number of hydrogen-bond acceptors (Lipinski definition) is 5. The summed E-state index contributed by atoms with van der Waals surface area (Å²) in [7, 11) is 5.73. The van der Waals surface area contributed by atoms with Crippen LogP contribution in [0.1, 0.15) is 0 Å². The van der Waals surface area contributed by atoms with Crippen LogP contribution in [-0.2, 0) is 0 Å². The number of hydrogen-bond donors (Lipinski definition) is 1. The van der Waals surface area contributed by atoms with Gasteiger partial charge in [-0.1, -0.05) is 18.2 Å². The highest BCUT2D eigenvalue weighted by atomic mass is 16.5. The summed E-state index contributed by atoms with van der Waals surface area (Å²) in [4.78, 5) is 11.3. The van der Waals surface area contributed by atoms with Crippen LogP contribution in [0.4, 0.5) is 17.2 Å². The predicted molar refractivity (Wildman–Crippen MR) is 109 cm³/mol. The fourth-order valence-electron chi connectivity index (χ4n) is 3.10. The first-order valence-corrected chi connectivity index (χ1v) is 8.67. The number of methoxy groups -OCH3 is 1. The monoisotopic (exact) mass is 359 g/mol. The van der Waals surface area contributed by atoms with E-state index in [0.29, 0.717) is 5.82 Å². The van der Waals surface area contributed by atoms with Gasteiger partial charge in [-0.05, 0) is 30.3 Å². The van der Waals surface area contributed by atoms with E-state index in [0.717, 1.165) is 34.0 Å². The molecule has 0 amide bonds. The first-order chi connectivity index (χ1) is 13.2. The second-order valence-corrected chi connectivity index (χ2v) is 6.38. The third-order valence-electron chi connectivity index (χ3n) is 4.44. The van der Waals surface area contributed by atoms with Crippen LogP contribution in [0.15, 0.2) is 67.1 Å². The van der Waals surface area contributed by atoms with Gasteiger partial charge in [0, 0.05) is 43.4 Å². The van der Waals surface area contributed by atoms with Gasteiger partial charge in [0.2, 0.25) is 0 Å². The van der Waals surface area contributed by atoms with Crippen LogP contribution >= 0.6 is 0 Å². The Balaban J connectivity index is 1.77. The number of rotatable bonds is 5. The van der Waals surface area contributed by atoms with Crippen molar-refractivity contribution in [2.24, 2.45) is 0 Å². The first kappa shape index (κ1) is 16.9. The van der Waals surface area contributed by atoms with E-state index in [1.54, 1.807) is 13.3 Å². The van der Waals surface area contributed by atoms with Gasteiger partial charge < -0.3 is 15.0 Å². The third-order valence-corrected chi connectivity index (χ3v) is 4.44. The van der Waals surface area contributed by atoms with E-state index in [4.69, 9.17) is 4.74 Å². The average Bonchev–Trinajstić information content (AvgIpc) is 3.19. The summed E-state index contributed by atoms with van der Waals surface area (Å²) in [5.41, 5.74) is 4.93. The predicted octanol–water partition coefficient (Wildman–Crippen LogP) is 4.21. The Bertz CT molecular complexity index is 1070. The zero-order chi connectivity index (χ0) is 18.8. The minimum Gasteiger partial charge on any atom is -0.497 e. The van der Waals surface area contributed by atoms with Crippen molar-refractivity contribution >= 4 is 22.8 Å². The zero-order valence-electron chi connectivity index (χ0n) is 15.5. The van der Waals surface area contributed by atoms with Crippen molar-refractivity contribution in [3.63, 3.8) is 0 Å². The lowest BCUT2D eigenvalue weighted by atomic mass is 10.1. The minimum absolute atomic E-state index is 0.705. The van der Waals surface area contributed by atoms with Gasteiger partial charge in [-0.3, -0.25) is 4.40 Å². The number of anilines is 3. The molecule has 0 bridgehead atoms. The van der Waals surface area contributed by atoms with Crippen molar-refractivity contribution in [2.45, 2.75) is 0 Å². The van der Waals surface area contributed by atoms with E-state index >= 15 is 0 Å². The third kappa shape index (κ3) is 3.17. The fraction of sp³-hybridized carbons (Fsp3) is 0.143. The largest absolute Gasteiger partial charge is 0.497 e. The van der Waals surface area contributed by atoms with Crippen molar-refractivity contribution in [2.75, 3.05) is 31.4 Å². The molecule has 0 atom stereocenters. The molecule has 6 heteroatoms. The Kier molecular flexibility index (Phi) is 4.38. The molecule has 6 nitrogen and oxygen atoms in total. The molecule has 0 spiro atoms. The maximum absolute atomic E-state index is 5.21. The SMILES string of the molecule is COc1ccc(Nc2ncc(-c3ccccc3N(C)C)n3ccnc23)cc1. The first-order valence-electron chi connectivity index (χ1n) is 8.67. The molecule has 0 saturated heterocycles. The number of nitrogens with one attached hydrogen (secondary N) is 1. The van der Waals surface area contributed by atoms with E-state index < -0.39 is 0 Å². The number of ether oxygens (including phenoxy) is 1. The number of para-hydroxylation sites is 1. The maximum atomic E-state index is 5.21. The Morgan fingerprint density at radius 2 is 1.78 bits per heavy atom. The summed E-state index contributed by atoms with van der Waals surface area (Å²) >= 11 is 0. The van der Waals surface area contributed by atoms with Gasteiger partial charge >= 0.3 is 0 Å². The van der Waals surface area contributed by atoms with Crippen LogP contribution in [0, 0.1) is 0 Å². The average molecular weight is 359 g/mol. The summed E-state index contributed by atoms with van der Waals surface area (Å²) in [6.45, 7) is 0. The summed E-state index contributed by atoms with van der Waals surface area (Å²) < 4.78 is 7.27. The highest BCUT2D eigenvalue weighted by Gasteiger charge is 2.13. The molecule has 0 aliphatic heterocycles. The van der Waals surface area contributed by atoms with Gasteiger partial charge in [-0.25, -0.2) is 9.97 Å². The topological polar surface area (TPSA) is 54.7 Å². The Morgan fingerprint density at radius 1 is 1.00 bits per heavy atom. The molecular formula is C21H21N5O. The lowest BCUT2D eigenvalue weighted by molar-refractivity contribution is 0.415. The molecule has 1 N–H and O–H groups in total. The maximum Gasteiger partial charge on any atom is 0.180 e. The van der Waals surface area contributed by atoms with Crippen molar-refractivity contribution in [3.05, 3.63) is 67.1 Å². The normalized spacial score (nSPS) is 10.8. The highest BCUT2D eigenvalue weighted by molar-refractivity contribution is 5.80. The molecule has 2 aromatic carbocycles. The second kappa shape index (κ2) is 6.99. The molecule has 0 aliphatic carbocycles. The number of nitrogens with zero attached hydrogens (tertiary/aromatic N) is 4. The van der Waals surface area contributed by atoms with Crippen LogP contribution in [0.25, 0.3) is 16.9 Å². The Labute approximate surface area is 158 Å². The molecule has 2 heterocycles. The van der Waals surface area contributed by atoms with E-state index in [1.807, 2.05) is 62.9 Å². The Hall–Kier alpha value is -3.54. The Morgan fingerprint density at radius 3 is 2.52 bits per heavy atom. The van der Waals surface area contributed by atoms with Gasteiger partial charge in [0.05, 0.1) is 19.0 Å². The molecule has 136 valence electrons. The number of fused-ring (bicyclic) bond motifs is 1. The van der Waals surface area contributed by atoms with Crippen molar-refractivity contribution in [3.8, 4) is 17.0 Å². The van der Waals surface area contributed by atoms with Gasteiger partial charge in [-0.2, -0.15) is 0 Å². The molecule has 0 aliphatic rings. The highest BCUT2D eigenvalue weighted by Crippen LogP contribution is 2.31. The van der Waals surface area contributed by atoms with Crippen LogP contribution < -0.4 is 15.0 Å². The molecule has 0 saturated carbocycles. The van der Waals surface area contributed by atoms with Crippen LogP contribution in [0.5, 0.6) is 5.75 Å². The summed E-state index contributed by atoms with van der Waals surface area (Å²) in [5.74, 6) is 1.52. The van der Waals surface area contributed by atoms with Crippen molar-refractivity contribution < 1.29 is 4.74 Å². The van der Waals surface area contributed by atoms with Crippen LogP contribution in [-0.4, -0.2) is 35.6 Å². The second-order valence-electron chi connectivity index (χ2n) is 6.38. The number of imidazole rings is 1. The lowest BCUT2D eigenvalue weighted by Crippen LogP contribution is -2.10. The molecule has 0 radical (unpaired) electrons. The molecule has 2 aromatic heterocycles. The molecule has 4 aromatic rings. The summed E-state index contributed by atoms with van der Waals surface area (Å²) in [6.07, 6.45) is 5.62. The van der Waals surface area contributed by atoms with E-state index in [1.165, 1.54) is 0 Å². The molecule has 0 fully saturated rings. The van der Waals surface area contributed by atoms with Gasteiger partial charge in [0.15, 0.2) is 11.5 Å². The van der Waals surface area contributed by atoms with Gasteiger partial charge in [0.25, 0.3) is 0 Å². The van der Waals surface area contributed by atoms with Crippen molar-refractivity contribution in [1.29, 1.82) is 0 Å². The van der Waals surface area contributed by atoms with Crippen molar-refractivity contribution in [1.82, 2.24) is 14.4 Å². The van der Waals surface area contributed by atoms with E-state index in [9.17, 15) is 0 Å². The zero-order valence-corrected chi connectivity index (χ0v) is 15.5. The number of aromatic nitrogens is 3.